The zero-order chi connectivity index (χ0) is 15.5. The summed E-state index contributed by atoms with van der Waals surface area (Å²) < 4.78 is 5.69. The molecule has 2 aromatic heterocycles. The number of nitrogens with one attached hydrogen (secondary N) is 1. The second-order valence-corrected chi connectivity index (χ2v) is 7.37. The van der Waals surface area contributed by atoms with Crippen LogP contribution in [-0.4, -0.2) is 29.2 Å². The number of aryl methyl sites for hydroxylation is 1. The Kier molecular flexibility index (Phi) is 4.93. The van der Waals surface area contributed by atoms with Crippen LogP contribution in [0.1, 0.15) is 44.5 Å². The second-order valence-electron chi connectivity index (χ2n) is 6.51. The zero-order valence-electron chi connectivity index (χ0n) is 13.7. The molecule has 1 saturated heterocycles. The van der Waals surface area contributed by atoms with Crippen molar-refractivity contribution in [2.75, 3.05) is 18.5 Å². The van der Waals surface area contributed by atoms with Crippen LogP contribution in [-0.2, 0) is 11.2 Å². The topological polar surface area (TPSA) is 47.0 Å². The quantitative estimate of drug-likeness (QED) is 0.867. The molecule has 1 aliphatic heterocycles. The fraction of sp³-hybridized carbons (Fsp3) is 0.647. The molecule has 0 radical (unpaired) electrons. The molecule has 0 amide bonds. The van der Waals surface area contributed by atoms with Crippen LogP contribution in [0.4, 0.5) is 5.82 Å². The molecular weight excluding hydrogens is 294 g/mol. The first-order valence-corrected chi connectivity index (χ1v) is 9.11. The van der Waals surface area contributed by atoms with Crippen LogP contribution in [0.3, 0.4) is 0 Å². The molecule has 2 aromatic rings. The molecule has 3 rings (SSSR count). The van der Waals surface area contributed by atoms with Crippen LogP contribution < -0.4 is 5.32 Å². The van der Waals surface area contributed by atoms with Crippen molar-refractivity contribution < 1.29 is 4.74 Å². The van der Waals surface area contributed by atoms with E-state index < -0.39 is 0 Å². The minimum atomic E-state index is 0.420. The Morgan fingerprint density at radius 3 is 3.00 bits per heavy atom. The highest BCUT2D eigenvalue weighted by Crippen LogP contribution is 2.31. The number of aromatic nitrogens is 2. The Morgan fingerprint density at radius 1 is 1.41 bits per heavy atom. The monoisotopic (exact) mass is 319 g/mol. The molecule has 3 heterocycles. The van der Waals surface area contributed by atoms with Gasteiger partial charge in [0, 0.05) is 13.2 Å². The first kappa shape index (κ1) is 15.7. The fourth-order valence-electron chi connectivity index (χ4n) is 3.05. The van der Waals surface area contributed by atoms with E-state index in [9.17, 15) is 0 Å². The highest BCUT2D eigenvalue weighted by atomic mass is 32.1. The largest absolute Gasteiger partial charge is 0.378 e. The highest BCUT2D eigenvalue weighted by molar-refractivity contribution is 7.17. The maximum Gasteiger partial charge on any atom is 0.138 e. The molecule has 1 fully saturated rings. The smallest absolute Gasteiger partial charge is 0.138 e. The number of hydrogen-bond acceptors (Lipinski definition) is 5. The van der Waals surface area contributed by atoms with Crippen LogP contribution in [0.2, 0.25) is 0 Å². The summed E-state index contributed by atoms with van der Waals surface area (Å²) in [5, 5.41) is 6.99. The van der Waals surface area contributed by atoms with E-state index in [1.54, 1.807) is 11.3 Å². The Labute approximate surface area is 136 Å². The molecule has 1 N–H and O–H groups in total. The summed E-state index contributed by atoms with van der Waals surface area (Å²) in [6.07, 6.45) is 4.94. The molecule has 1 atom stereocenters. The van der Waals surface area contributed by atoms with Crippen LogP contribution in [0.25, 0.3) is 10.2 Å². The van der Waals surface area contributed by atoms with Gasteiger partial charge in [0.1, 0.15) is 16.5 Å². The second kappa shape index (κ2) is 6.92. The lowest BCUT2D eigenvalue weighted by Crippen LogP contribution is -2.13. The number of fused-ring (bicyclic) bond motifs is 1. The average Bonchev–Trinajstić information content (AvgIpc) is 3.08. The van der Waals surface area contributed by atoms with Crippen LogP contribution >= 0.6 is 11.3 Å². The molecule has 0 saturated carbocycles. The number of nitrogens with zero attached hydrogens (tertiary/aromatic N) is 2. The van der Waals surface area contributed by atoms with E-state index in [0.29, 0.717) is 12.0 Å². The molecule has 0 bridgehead atoms. The molecule has 5 heteroatoms. The van der Waals surface area contributed by atoms with Crippen LogP contribution in [0.5, 0.6) is 0 Å². The number of thiophene rings is 1. The third kappa shape index (κ3) is 3.58. The van der Waals surface area contributed by atoms with Gasteiger partial charge < -0.3 is 10.1 Å². The molecule has 22 heavy (non-hydrogen) atoms. The van der Waals surface area contributed by atoms with Crippen LogP contribution in [0, 0.1) is 12.8 Å². The van der Waals surface area contributed by atoms with Crippen molar-refractivity contribution in [3.63, 3.8) is 0 Å². The number of rotatable bonds is 6. The average molecular weight is 319 g/mol. The predicted molar refractivity (Wildman–Crippen MR) is 92.8 cm³/mol. The Bertz CT molecular complexity index is 632. The molecule has 0 aromatic carbocycles. The molecule has 1 aliphatic rings. The summed E-state index contributed by atoms with van der Waals surface area (Å²) in [5.74, 6) is 2.47. The normalized spacial score (nSPS) is 18.5. The number of ether oxygens (including phenoxy) is 1. The van der Waals surface area contributed by atoms with Gasteiger partial charge in [-0.2, -0.15) is 0 Å². The summed E-state index contributed by atoms with van der Waals surface area (Å²) in [6.45, 7) is 8.30. The van der Waals surface area contributed by atoms with Crippen molar-refractivity contribution in [1.82, 2.24) is 9.97 Å². The third-order valence-electron chi connectivity index (χ3n) is 4.03. The fourth-order valence-corrected chi connectivity index (χ4v) is 4.05. The Balaban J connectivity index is 1.78. The van der Waals surface area contributed by atoms with Gasteiger partial charge in [-0.3, -0.25) is 0 Å². The van der Waals surface area contributed by atoms with Gasteiger partial charge in [-0.15, -0.1) is 11.3 Å². The maximum atomic E-state index is 5.69. The minimum absolute atomic E-state index is 0.420. The maximum absolute atomic E-state index is 5.69. The van der Waals surface area contributed by atoms with E-state index in [1.165, 1.54) is 23.8 Å². The molecule has 120 valence electrons. The first-order chi connectivity index (χ1) is 10.6. The molecule has 0 aliphatic carbocycles. The Morgan fingerprint density at radius 2 is 2.27 bits per heavy atom. The standard InChI is InChI=1S/C17H25N3OS/c1-11(2)9-13-10-22-17-15(13)16(19-12(3)20-17)18-7-6-14-5-4-8-21-14/h10-11,14H,4-9H2,1-3H3,(H,18,19,20). The molecule has 1 unspecified atom stereocenters. The number of anilines is 1. The lowest BCUT2D eigenvalue weighted by Gasteiger charge is -2.12. The summed E-state index contributed by atoms with van der Waals surface area (Å²) in [4.78, 5) is 10.3. The molecular formula is C17H25N3OS. The summed E-state index contributed by atoms with van der Waals surface area (Å²) in [7, 11) is 0. The Hall–Kier alpha value is -1.20. The van der Waals surface area contributed by atoms with E-state index in [-0.39, 0.29) is 0 Å². The summed E-state index contributed by atoms with van der Waals surface area (Å²) in [6, 6.07) is 0. The lowest BCUT2D eigenvalue weighted by atomic mass is 10.0. The lowest BCUT2D eigenvalue weighted by molar-refractivity contribution is 0.107. The van der Waals surface area contributed by atoms with Crippen molar-refractivity contribution in [2.45, 2.75) is 52.6 Å². The first-order valence-electron chi connectivity index (χ1n) is 8.23. The van der Waals surface area contributed by atoms with Crippen LogP contribution in [0.15, 0.2) is 5.38 Å². The van der Waals surface area contributed by atoms with E-state index in [1.807, 2.05) is 6.92 Å². The van der Waals surface area contributed by atoms with Crippen molar-refractivity contribution in [3.8, 4) is 0 Å². The van der Waals surface area contributed by atoms with Crippen molar-refractivity contribution in [1.29, 1.82) is 0 Å². The van der Waals surface area contributed by atoms with Gasteiger partial charge >= 0.3 is 0 Å². The predicted octanol–water partition coefficient (Wildman–Crippen LogP) is 4.18. The van der Waals surface area contributed by atoms with E-state index in [2.05, 4.69) is 34.5 Å². The van der Waals surface area contributed by atoms with E-state index >= 15 is 0 Å². The van der Waals surface area contributed by atoms with E-state index in [4.69, 9.17) is 4.74 Å². The SMILES string of the molecule is Cc1nc(NCCC2CCCO2)c2c(CC(C)C)csc2n1. The highest BCUT2D eigenvalue weighted by Gasteiger charge is 2.17. The van der Waals surface area contributed by atoms with Gasteiger partial charge in [0.2, 0.25) is 0 Å². The van der Waals surface area contributed by atoms with Gasteiger partial charge in [-0.25, -0.2) is 9.97 Å². The van der Waals surface area contributed by atoms with Gasteiger partial charge in [0.25, 0.3) is 0 Å². The van der Waals surface area contributed by atoms with Gasteiger partial charge in [-0.05, 0) is 49.5 Å². The summed E-state index contributed by atoms with van der Waals surface area (Å²) >= 11 is 1.73. The van der Waals surface area contributed by atoms with Gasteiger partial charge in [0.05, 0.1) is 11.5 Å². The van der Waals surface area contributed by atoms with Crippen molar-refractivity contribution in [3.05, 3.63) is 16.8 Å². The molecule has 4 nitrogen and oxygen atoms in total. The third-order valence-corrected chi connectivity index (χ3v) is 4.95. The number of hydrogen-bond donors (Lipinski definition) is 1. The van der Waals surface area contributed by atoms with Crippen molar-refractivity contribution >= 4 is 27.4 Å². The van der Waals surface area contributed by atoms with Gasteiger partial charge in [-0.1, -0.05) is 13.8 Å². The van der Waals surface area contributed by atoms with E-state index in [0.717, 1.165) is 42.5 Å². The van der Waals surface area contributed by atoms with Gasteiger partial charge in [0.15, 0.2) is 0 Å². The molecule has 0 spiro atoms. The summed E-state index contributed by atoms with van der Waals surface area (Å²) in [5.41, 5.74) is 1.37. The zero-order valence-corrected chi connectivity index (χ0v) is 14.5. The minimum Gasteiger partial charge on any atom is -0.378 e. The van der Waals surface area contributed by atoms with Crippen molar-refractivity contribution in [2.24, 2.45) is 5.92 Å².